The smallest absolute Gasteiger partial charge is 0.166 e. The summed E-state index contributed by atoms with van der Waals surface area (Å²) in [5.74, 6) is 0.970. The first kappa shape index (κ1) is 9.06. The molecule has 0 unspecified atom stereocenters. The van der Waals surface area contributed by atoms with Gasteiger partial charge in [-0.15, -0.1) is 0 Å². The van der Waals surface area contributed by atoms with Crippen molar-refractivity contribution >= 4 is 11.5 Å². The molecule has 74 valence electrons. The number of benzene rings is 1. The Balaban J connectivity index is 2.54. The summed E-state index contributed by atoms with van der Waals surface area (Å²) in [6, 6.07) is 3.78. The molecule has 0 radical (unpaired) electrons. The van der Waals surface area contributed by atoms with Crippen molar-refractivity contribution in [3.8, 4) is 5.75 Å². The summed E-state index contributed by atoms with van der Waals surface area (Å²) in [6.07, 6.45) is 0.569. The van der Waals surface area contributed by atoms with E-state index in [0.29, 0.717) is 6.42 Å². The molecule has 0 bridgehead atoms. The van der Waals surface area contributed by atoms with Gasteiger partial charge in [-0.2, -0.15) is 0 Å². The molecule has 0 spiro atoms. The number of hydrogen-bond acceptors (Lipinski definition) is 3. The number of aryl methyl sites for hydroxylation is 1. The molecule has 2 rings (SSSR count). The summed E-state index contributed by atoms with van der Waals surface area (Å²) in [5.41, 5.74) is 2.73. The summed E-state index contributed by atoms with van der Waals surface area (Å²) < 4.78 is 5.18. The quantitative estimate of drug-likeness (QED) is 0.737. The van der Waals surface area contributed by atoms with E-state index < -0.39 is 0 Å². The van der Waals surface area contributed by atoms with Gasteiger partial charge in [0, 0.05) is 24.2 Å². The monoisotopic (exact) mass is 191 g/mol. The van der Waals surface area contributed by atoms with E-state index >= 15 is 0 Å². The van der Waals surface area contributed by atoms with Gasteiger partial charge in [0.1, 0.15) is 5.75 Å². The molecule has 0 fully saturated rings. The topological polar surface area (TPSA) is 38.3 Å². The van der Waals surface area contributed by atoms with Crippen LogP contribution in [-0.4, -0.2) is 19.4 Å². The van der Waals surface area contributed by atoms with E-state index in [1.54, 1.807) is 7.11 Å². The molecule has 1 aliphatic rings. The molecule has 1 aliphatic heterocycles. The number of hydrogen-bond donors (Lipinski definition) is 1. The molecule has 14 heavy (non-hydrogen) atoms. The average molecular weight is 191 g/mol. The van der Waals surface area contributed by atoms with Gasteiger partial charge in [-0.05, 0) is 24.6 Å². The van der Waals surface area contributed by atoms with Gasteiger partial charge in [0.05, 0.1) is 7.11 Å². The number of ether oxygens (including phenoxy) is 1. The molecule has 0 aromatic heterocycles. The Morgan fingerprint density at radius 1 is 1.43 bits per heavy atom. The van der Waals surface area contributed by atoms with Crippen molar-refractivity contribution in [1.82, 2.24) is 0 Å². The minimum Gasteiger partial charge on any atom is -0.496 e. The van der Waals surface area contributed by atoms with Crippen LogP contribution in [-0.2, 0) is 0 Å². The Kier molecular flexibility index (Phi) is 2.15. The average Bonchev–Trinajstić information content (AvgIpc) is 2.17. The molecule has 0 saturated heterocycles. The van der Waals surface area contributed by atoms with Gasteiger partial charge in [-0.25, -0.2) is 0 Å². The maximum atomic E-state index is 11.6. The number of anilines is 1. The van der Waals surface area contributed by atoms with Gasteiger partial charge in [-0.3, -0.25) is 4.79 Å². The predicted molar refractivity (Wildman–Crippen MR) is 55.2 cm³/mol. The zero-order valence-electron chi connectivity index (χ0n) is 8.39. The summed E-state index contributed by atoms with van der Waals surface area (Å²) in [4.78, 5) is 11.6. The van der Waals surface area contributed by atoms with E-state index in [1.165, 1.54) is 0 Å². The second-order valence-corrected chi connectivity index (χ2v) is 3.47. The van der Waals surface area contributed by atoms with Crippen LogP contribution in [0.5, 0.6) is 5.75 Å². The zero-order valence-corrected chi connectivity index (χ0v) is 8.39. The summed E-state index contributed by atoms with van der Waals surface area (Å²) in [6.45, 7) is 2.71. The van der Waals surface area contributed by atoms with Crippen LogP contribution < -0.4 is 10.1 Å². The lowest BCUT2D eigenvalue weighted by molar-refractivity contribution is 0.0983. The van der Waals surface area contributed by atoms with Crippen LogP contribution >= 0.6 is 0 Å². The fraction of sp³-hybridized carbons (Fsp3) is 0.364. The van der Waals surface area contributed by atoms with Crippen LogP contribution in [0.3, 0.4) is 0 Å². The molecule has 3 heteroatoms. The highest BCUT2D eigenvalue weighted by molar-refractivity contribution is 6.03. The lowest BCUT2D eigenvalue weighted by Crippen LogP contribution is -2.18. The van der Waals surface area contributed by atoms with Crippen LogP contribution in [0.2, 0.25) is 0 Å². The van der Waals surface area contributed by atoms with Crippen LogP contribution in [0.4, 0.5) is 5.69 Å². The minimum atomic E-state index is 0.192. The van der Waals surface area contributed by atoms with Crippen LogP contribution in [0.1, 0.15) is 22.3 Å². The first-order chi connectivity index (χ1) is 6.72. The number of ketones is 1. The molecule has 1 heterocycles. The predicted octanol–water partition coefficient (Wildman–Crippen LogP) is 2.00. The van der Waals surface area contributed by atoms with E-state index in [0.717, 1.165) is 29.1 Å². The Labute approximate surface area is 83.1 Å². The summed E-state index contributed by atoms with van der Waals surface area (Å²) >= 11 is 0. The standard InChI is InChI=1S/C11H13NO2/c1-7-5-9-8(6-11(7)14-2)10(13)3-4-12-9/h5-6,12H,3-4H2,1-2H3. The number of methoxy groups -OCH3 is 1. The molecule has 0 atom stereocenters. The maximum absolute atomic E-state index is 11.6. The third-order valence-electron chi connectivity index (χ3n) is 2.50. The number of nitrogens with one attached hydrogen (secondary N) is 1. The highest BCUT2D eigenvalue weighted by Crippen LogP contribution is 2.29. The highest BCUT2D eigenvalue weighted by Gasteiger charge is 2.18. The van der Waals surface area contributed by atoms with Crippen LogP contribution in [0, 0.1) is 6.92 Å². The minimum absolute atomic E-state index is 0.192. The Hall–Kier alpha value is -1.51. The van der Waals surface area contributed by atoms with Crippen LogP contribution in [0.25, 0.3) is 0 Å². The van der Waals surface area contributed by atoms with Crippen molar-refractivity contribution in [3.05, 3.63) is 23.3 Å². The van der Waals surface area contributed by atoms with Crippen molar-refractivity contribution < 1.29 is 9.53 Å². The van der Waals surface area contributed by atoms with Crippen molar-refractivity contribution in [3.63, 3.8) is 0 Å². The molecule has 0 amide bonds. The fourth-order valence-corrected chi connectivity index (χ4v) is 1.73. The van der Waals surface area contributed by atoms with E-state index in [9.17, 15) is 4.79 Å². The third-order valence-corrected chi connectivity index (χ3v) is 2.50. The first-order valence-electron chi connectivity index (χ1n) is 4.68. The second kappa shape index (κ2) is 3.33. The molecule has 0 saturated carbocycles. The normalized spacial score (nSPS) is 14.6. The molecular weight excluding hydrogens is 178 g/mol. The van der Waals surface area contributed by atoms with Crippen molar-refractivity contribution in [2.24, 2.45) is 0 Å². The van der Waals surface area contributed by atoms with Crippen molar-refractivity contribution in [2.45, 2.75) is 13.3 Å². The Bertz CT molecular complexity index is 385. The molecule has 1 aromatic carbocycles. The second-order valence-electron chi connectivity index (χ2n) is 3.47. The van der Waals surface area contributed by atoms with Crippen LogP contribution in [0.15, 0.2) is 12.1 Å². The number of rotatable bonds is 1. The van der Waals surface area contributed by atoms with Gasteiger partial charge in [0.15, 0.2) is 5.78 Å². The largest absolute Gasteiger partial charge is 0.496 e. The first-order valence-corrected chi connectivity index (χ1v) is 4.68. The summed E-state index contributed by atoms with van der Waals surface area (Å²) in [5, 5.41) is 3.21. The third kappa shape index (κ3) is 1.35. The maximum Gasteiger partial charge on any atom is 0.166 e. The zero-order chi connectivity index (χ0) is 10.1. The highest BCUT2D eigenvalue weighted by atomic mass is 16.5. The molecular formula is C11H13NO2. The van der Waals surface area contributed by atoms with Gasteiger partial charge < -0.3 is 10.1 Å². The number of Topliss-reactive ketones (excluding diaryl/α,β-unsaturated/α-hetero) is 1. The Morgan fingerprint density at radius 2 is 2.21 bits per heavy atom. The van der Waals surface area contributed by atoms with Crippen molar-refractivity contribution in [1.29, 1.82) is 0 Å². The van der Waals surface area contributed by atoms with E-state index in [4.69, 9.17) is 4.74 Å². The number of carbonyl (C=O) groups is 1. The van der Waals surface area contributed by atoms with E-state index in [2.05, 4.69) is 5.32 Å². The fourth-order valence-electron chi connectivity index (χ4n) is 1.73. The SMILES string of the molecule is COc1cc2c(cc1C)NCCC2=O. The lowest BCUT2D eigenvalue weighted by atomic mass is 10.00. The molecule has 1 aromatic rings. The molecule has 1 N–H and O–H groups in total. The van der Waals surface area contributed by atoms with E-state index in [1.807, 2.05) is 19.1 Å². The van der Waals surface area contributed by atoms with E-state index in [-0.39, 0.29) is 5.78 Å². The molecule has 3 nitrogen and oxygen atoms in total. The molecule has 0 aliphatic carbocycles. The lowest BCUT2D eigenvalue weighted by Gasteiger charge is -2.18. The van der Waals surface area contributed by atoms with Gasteiger partial charge in [-0.1, -0.05) is 0 Å². The van der Waals surface area contributed by atoms with Gasteiger partial charge >= 0.3 is 0 Å². The summed E-state index contributed by atoms with van der Waals surface area (Å²) in [7, 11) is 1.62. The number of fused-ring (bicyclic) bond motifs is 1. The van der Waals surface area contributed by atoms with Gasteiger partial charge in [0.2, 0.25) is 0 Å². The number of carbonyl (C=O) groups excluding carboxylic acids is 1. The van der Waals surface area contributed by atoms with Gasteiger partial charge in [0.25, 0.3) is 0 Å². The Morgan fingerprint density at radius 3 is 2.93 bits per heavy atom. The van der Waals surface area contributed by atoms with Crippen molar-refractivity contribution in [2.75, 3.05) is 19.0 Å².